The van der Waals surface area contributed by atoms with Crippen LogP contribution in [0.5, 0.6) is 0 Å². The molecule has 3 heteroatoms. The van der Waals surface area contributed by atoms with Crippen molar-refractivity contribution in [3.63, 3.8) is 0 Å². The van der Waals surface area contributed by atoms with Crippen molar-refractivity contribution in [1.29, 1.82) is 0 Å². The van der Waals surface area contributed by atoms with Crippen LogP contribution in [0.1, 0.15) is 10.4 Å². The lowest BCUT2D eigenvalue weighted by Gasteiger charge is -2.03. The van der Waals surface area contributed by atoms with Crippen LogP contribution in [0.2, 0.25) is 5.02 Å². The Bertz CT molecular complexity index is 503. The topological polar surface area (TPSA) is 17.1 Å². The fourth-order valence-electron chi connectivity index (χ4n) is 1.41. The maximum absolute atomic E-state index is 10.9. The van der Waals surface area contributed by atoms with Gasteiger partial charge in [0.25, 0.3) is 0 Å². The molecule has 2 aromatic carbocycles. The van der Waals surface area contributed by atoms with Crippen molar-refractivity contribution >= 4 is 44.6 Å². The lowest BCUT2D eigenvalue weighted by atomic mass is 10.1. The van der Waals surface area contributed by atoms with Gasteiger partial charge in [-0.25, -0.2) is 0 Å². The van der Waals surface area contributed by atoms with Gasteiger partial charge in [0, 0.05) is 15.1 Å². The molecule has 0 aromatic heterocycles. The largest absolute Gasteiger partial charge is 0.298 e. The van der Waals surface area contributed by atoms with E-state index in [1.165, 1.54) is 0 Å². The number of carbonyl (C=O) groups excluding carboxylic acids is 1. The van der Waals surface area contributed by atoms with E-state index in [0.29, 0.717) is 10.6 Å². The SMILES string of the molecule is O=Cc1c(Br)ccc2ccc(Cl)cc12. The van der Waals surface area contributed by atoms with Gasteiger partial charge in [-0.15, -0.1) is 0 Å². The number of fused-ring (bicyclic) bond motifs is 1. The van der Waals surface area contributed by atoms with E-state index >= 15 is 0 Å². The smallest absolute Gasteiger partial charge is 0.151 e. The molecule has 0 spiro atoms. The Morgan fingerprint density at radius 1 is 1.21 bits per heavy atom. The fourth-order valence-corrected chi connectivity index (χ4v) is 2.02. The Hall–Kier alpha value is -0.860. The first-order chi connectivity index (χ1) is 6.72. The zero-order valence-corrected chi connectivity index (χ0v) is 9.47. The van der Waals surface area contributed by atoms with E-state index in [0.717, 1.165) is 21.5 Å². The van der Waals surface area contributed by atoms with Gasteiger partial charge >= 0.3 is 0 Å². The van der Waals surface area contributed by atoms with Gasteiger partial charge in [0.1, 0.15) is 0 Å². The molecule has 14 heavy (non-hydrogen) atoms. The highest BCUT2D eigenvalue weighted by Gasteiger charge is 2.04. The van der Waals surface area contributed by atoms with E-state index in [1.807, 2.05) is 24.3 Å². The van der Waals surface area contributed by atoms with E-state index < -0.39 is 0 Å². The van der Waals surface area contributed by atoms with Gasteiger partial charge in [-0.2, -0.15) is 0 Å². The summed E-state index contributed by atoms with van der Waals surface area (Å²) in [7, 11) is 0. The van der Waals surface area contributed by atoms with Crippen LogP contribution in [0.25, 0.3) is 10.8 Å². The van der Waals surface area contributed by atoms with Crippen LogP contribution in [0.3, 0.4) is 0 Å². The Morgan fingerprint density at radius 2 is 1.93 bits per heavy atom. The third-order valence-corrected chi connectivity index (χ3v) is 3.02. The number of carbonyl (C=O) groups is 1. The predicted molar refractivity (Wildman–Crippen MR) is 62.0 cm³/mol. The zero-order chi connectivity index (χ0) is 10.1. The molecule has 0 N–H and O–H groups in total. The Labute approximate surface area is 94.8 Å². The number of aldehydes is 1. The summed E-state index contributed by atoms with van der Waals surface area (Å²) in [6.45, 7) is 0. The highest BCUT2D eigenvalue weighted by molar-refractivity contribution is 9.10. The summed E-state index contributed by atoms with van der Waals surface area (Å²) in [5.41, 5.74) is 0.644. The number of hydrogen-bond donors (Lipinski definition) is 0. The predicted octanol–water partition coefficient (Wildman–Crippen LogP) is 4.07. The second kappa shape index (κ2) is 3.71. The maximum atomic E-state index is 10.9. The third kappa shape index (κ3) is 1.56. The first kappa shape index (κ1) is 9.69. The highest BCUT2D eigenvalue weighted by Crippen LogP contribution is 2.27. The second-order valence-corrected chi connectivity index (χ2v) is 4.24. The van der Waals surface area contributed by atoms with Gasteiger partial charge in [-0.05, 0) is 29.0 Å². The number of halogens is 2. The van der Waals surface area contributed by atoms with Gasteiger partial charge < -0.3 is 0 Å². The molecule has 0 atom stereocenters. The minimum Gasteiger partial charge on any atom is -0.298 e. The molecule has 0 fully saturated rings. The molecule has 0 saturated carbocycles. The Kier molecular flexibility index (Phi) is 2.57. The van der Waals surface area contributed by atoms with Gasteiger partial charge in [0.2, 0.25) is 0 Å². The van der Waals surface area contributed by atoms with Gasteiger partial charge in [-0.1, -0.05) is 39.7 Å². The molecule has 0 unspecified atom stereocenters. The van der Waals surface area contributed by atoms with E-state index in [1.54, 1.807) is 6.07 Å². The van der Waals surface area contributed by atoms with Gasteiger partial charge in [0.15, 0.2) is 6.29 Å². The maximum Gasteiger partial charge on any atom is 0.151 e. The van der Waals surface area contributed by atoms with E-state index in [-0.39, 0.29) is 0 Å². The average Bonchev–Trinajstić information content (AvgIpc) is 2.17. The van der Waals surface area contributed by atoms with Crippen LogP contribution in [0, 0.1) is 0 Å². The summed E-state index contributed by atoms with van der Waals surface area (Å²) in [6, 6.07) is 9.32. The van der Waals surface area contributed by atoms with Crippen molar-refractivity contribution in [2.75, 3.05) is 0 Å². The van der Waals surface area contributed by atoms with Crippen molar-refractivity contribution in [3.05, 3.63) is 45.4 Å². The third-order valence-electron chi connectivity index (χ3n) is 2.09. The van der Waals surface area contributed by atoms with E-state index in [9.17, 15) is 4.79 Å². The quantitative estimate of drug-likeness (QED) is 0.713. The number of rotatable bonds is 1. The molecule has 0 aliphatic carbocycles. The van der Waals surface area contributed by atoms with Crippen LogP contribution in [0.4, 0.5) is 0 Å². The lowest BCUT2D eigenvalue weighted by molar-refractivity contribution is 0.112. The molecule has 0 saturated heterocycles. The molecule has 0 heterocycles. The normalized spacial score (nSPS) is 10.4. The van der Waals surface area contributed by atoms with Crippen molar-refractivity contribution in [3.8, 4) is 0 Å². The van der Waals surface area contributed by atoms with Crippen LogP contribution in [0.15, 0.2) is 34.8 Å². The average molecular weight is 270 g/mol. The molecule has 1 nitrogen and oxygen atoms in total. The minimum atomic E-state index is 0.638. The van der Waals surface area contributed by atoms with Crippen LogP contribution >= 0.6 is 27.5 Å². The summed E-state index contributed by atoms with van der Waals surface area (Å²) in [6.07, 6.45) is 0.836. The van der Waals surface area contributed by atoms with Crippen LogP contribution in [-0.4, -0.2) is 6.29 Å². The molecule has 0 aliphatic heterocycles. The van der Waals surface area contributed by atoms with Gasteiger partial charge in [0.05, 0.1) is 0 Å². The molecule has 0 radical (unpaired) electrons. The molecule has 70 valence electrons. The Morgan fingerprint density at radius 3 is 2.64 bits per heavy atom. The number of benzene rings is 2. The van der Waals surface area contributed by atoms with E-state index in [4.69, 9.17) is 11.6 Å². The molecule has 2 aromatic rings. The molecular formula is C11H6BrClO. The van der Waals surface area contributed by atoms with Crippen molar-refractivity contribution in [1.82, 2.24) is 0 Å². The molecule has 0 bridgehead atoms. The summed E-state index contributed by atoms with van der Waals surface area (Å²) >= 11 is 9.20. The fraction of sp³-hybridized carbons (Fsp3) is 0. The molecular weight excluding hydrogens is 263 g/mol. The minimum absolute atomic E-state index is 0.638. The van der Waals surface area contributed by atoms with E-state index in [2.05, 4.69) is 15.9 Å². The molecule has 0 amide bonds. The zero-order valence-electron chi connectivity index (χ0n) is 7.13. The van der Waals surface area contributed by atoms with Crippen LogP contribution in [-0.2, 0) is 0 Å². The summed E-state index contributed by atoms with van der Waals surface area (Å²) in [5, 5.41) is 2.53. The monoisotopic (exact) mass is 268 g/mol. The summed E-state index contributed by atoms with van der Waals surface area (Å²) in [5.74, 6) is 0. The van der Waals surface area contributed by atoms with Crippen LogP contribution < -0.4 is 0 Å². The van der Waals surface area contributed by atoms with Crippen molar-refractivity contribution in [2.45, 2.75) is 0 Å². The van der Waals surface area contributed by atoms with Crippen molar-refractivity contribution in [2.24, 2.45) is 0 Å². The van der Waals surface area contributed by atoms with Gasteiger partial charge in [-0.3, -0.25) is 4.79 Å². The highest BCUT2D eigenvalue weighted by atomic mass is 79.9. The second-order valence-electron chi connectivity index (χ2n) is 2.94. The standard InChI is InChI=1S/C11H6BrClO/c12-11-4-2-7-1-3-8(13)5-9(7)10(11)6-14/h1-6H. The first-order valence-corrected chi connectivity index (χ1v) is 5.22. The Balaban J connectivity index is 2.91. The first-order valence-electron chi connectivity index (χ1n) is 4.05. The molecule has 0 aliphatic rings. The van der Waals surface area contributed by atoms with Crippen molar-refractivity contribution < 1.29 is 4.79 Å². The number of hydrogen-bond acceptors (Lipinski definition) is 1. The summed E-state index contributed by atoms with van der Waals surface area (Å²) < 4.78 is 0.794. The molecule has 2 rings (SSSR count). The lowest BCUT2D eigenvalue weighted by Crippen LogP contribution is -1.85. The summed E-state index contributed by atoms with van der Waals surface area (Å²) in [4.78, 5) is 10.9.